The van der Waals surface area contributed by atoms with Gasteiger partial charge in [0, 0.05) is 0 Å². The second-order valence-electron chi connectivity index (χ2n) is 5.79. The summed E-state index contributed by atoms with van der Waals surface area (Å²) in [5, 5.41) is 7.19. The van der Waals surface area contributed by atoms with Gasteiger partial charge in [0.05, 0.1) is 6.17 Å². The van der Waals surface area contributed by atoms with Crippen LogP contribution >= 0.6 is 0 Å². The number of hydrogen-bond acceptors (Lipinski definition) is 2. The van der Waals surface area contributed by atoms with E-state index in [-0.39, 0.29) is 0 Å². The lowest BCUT2D eigenvalue weighted by Crippen LogP contribution is -2.45. The summed E-state index contributed by atoms with van der Waals surface area (Å²) in [4.78, 5) is 0. The average Bonchev–Trinajstić information content (AvgIpc) is 2.08. The van der Waals surface area contributed by atoms with E-state index in [9.17, 15) is 0 Å². The Kier molecular flexibility index (Phi) is 8.07. The van der Waals surface area contributed by atoms with Gasteiger partial charge in [-0.15, -0.1) is 0 Å². The van der Waals surface area contributed by atoms with Crippen LogP contribution in [-0.2, 0) is 0 Å². The van der Waals surface area contributed by atoms with Crippen molar-refractivity contribution in [2.45, 2.75) is 54.1 Å². The molecule has 92 valence electrons. The van der Waals surface area contributed by atoms with E-state index >= 15 is 0 Å². The normalized spacial score (nSPS) is 12.4. The standard InChI is InChI=1S/C13H30N2/c1-10(2)7-13(14-8-11(3)4)15-9-12(5)6/h10-15H,7-9H2,1-6H3. The van der Waals surface area contributed by atoms with Gasteiger partial charge in [-0.1, -0.05) is 41.5 Å². The van der Waals surface area contributed by atoms with Gasteiger partial charge < -0.3 is 10.6 Å². The minimum atomic E-state index is 0.481. The lowest BCUT2D eigenvalue weighted by Gasteiger charge is -2.24. The van der Waals surface area contributed by atoms with Crippen molar-refractivity contribution in [1.82, 2.24) is 10.6 Å². The van der Waals surface area contributed by atoms with Crippen molar-refractivity contribution < 1.29 is 0 Å². The maximum Gasteiger partial charge on any atom is 0.0574 e. The maximum absolute atomic E-state index is 3.59. The maximum atomic E-state index is 3.59. The molecule has 0 aliphatic rings. The van der Waals surface area contributed by atoms with E-state index in [0.29, 0.717) is 6.17 Å². The minimum absolute atomic E-state index is 0.481. The minimum Gasteiger partial charge on any atom is -0.302 e. The van der Waals surface area contributed by atoms with Gasteiger partial charge in [0.1, 0.15) is 0 Å². The van der Waals surface area contributed by atoms with E-state index in [2.05, 4.69) is 52.2 Å². The Morgan fingerprint density at radius 3 is 1.33 bits per heavy atom. The number of hydrogen-bond donors (Lipinski definition) is 2. The van der Waals surface area contributed by atoms with Crippen LogP contribution in [0.15, 0.2) is 0 Å². The first-order valence-corrected chi connectivity index (χ1v) is 6.38. The van der Waals surface area contributed by atoms with Gasteiger partial charge in [0.2, 0.25) is 0 Å². The van der Waals surface area contributed by atoms with E-state index < -0.39 is 0 Å². The molecule has 0 aliphatic carbocycles. The monoisotopic (exact) mass is 214 g/mol. The fourth-order valence-corrected chi connectivity index (χ4v) is 1.47. The van der Waals surface area contributed by atoms with Crippen LogP contribution in [0, 0.1) is 17.8 Å². The Hall–Kier alpha value is -0.0800. The molecule has 0 spiro atoms. The highest BCUT2D eigenvalue weighted by molar-refractivity contribution is 4.68. The summed E-state index contributed by atoms with van der Waals surface area (Å²) in [6.07, 6.45) is 1.69. The summed E-state index contributed by atoms with van der Waals surface area (Å²) in [5.74, 6) is 2.19. The molecule has 0 aromatic heterocycles. The van der Waals surface area contributed by atoms with E-state index in [4.69, 9.17) is 0 Å². The van der Waals surface area contributed by atoms with Gasteiger partial charge in [0.25, 0.3) is 0 Å². The van der Waals surface area contributed by atoms with Crippen molar-refractivity contribution in [3.8, 4) is 0 Å². The van der Waals surface area contributed by atoms with Crippen molar-refractivity contribution in [1.29, 1.82) is 0 Å². The SMILES string of the molecule is CC(C)CNC(CC(C)C)NCC(C)C. The summed E-state index contributed by atoms with van der Waals surface area (Å²) in [5.41, 5.74) is 0. The number of rotatable bonds is 8. The third-order valence-corrected chi connectivity index (χ3v) is 2.25. The van der Waals surface area contributed by atoms with Gasteiger partial charge in [0.15, 0.2) is 0 Å². The number of nitrogens with one attached hydrogen (secondary N) is 2. The molecule has 15 heavy (non-hydrogen) atoms. The zero-order valence-electron chi connectivity index (χ0n) is 11.4. The van der Waals surface area contributed by atoms with Crippen LogP contribution in [0.4, 0.5) is 0 Å². The average molecular weight is 214 g/mol. The molecule has 0 aromatic carbocycles. The van der Waals surface area contributed by atoms with Crippen molar-refractivity contribution in [2.75, 3.05) is 13.1 Å². The molecule has 0 unspecified atom stereocenters. The van der Waals surface area contributed by atoms with Crippen LogP contribution in [0.1, 0.15) is 48.0 Å². The van der Waals surface area contributed by atoms with Gasteiger partial charge in [-0.2, -0.15) is 0 Å². The van der Waals surface area contributed by atoms with E-state index in [1.807, 2.05) is 0 Å². The molecule has 2 N–H and O–H groups in total. The Morgan fingerprint density at radius 1 is 0.667 bits per heavy atom. The van der Waals surface area contributed by atoms with Gasteiger partial charge in [-0.25, -0.2) is 0 Å². The second-order valence-corrected chi connectivity index (χ2v) is 5.79. The summed E-state index contributed by atoms with van der Waals surface area (Å²) < 4.78 is 0. The summed E-state index contributed by atoms with van der Waals surface area (Å²) in [6.45, 7) is 15.8. The van der Waals surface area contributed by atoms with Gasteiger partial charge >= 0.3 is 0 Å². The van der Waals surface area contributed by atoms with Crippen LogP contribution < -0.4 is 10.6 Å². The Labute approximate surface area is 96.2 Å². The Morgan fingerprint density at radius 2 is 1.07 bits per heavy atom. The molecule has 0 saturated heterocycles. The van der Waals surface area contributed by atoms with Crippen molar-refractivity contribution >= 4 is 0 Å². The fraction of sp³-hybridized carbons (Fsp3) is 1.00. The molecule has 2 nitrogen and oxygen atoms in total. The van der Waals surface area contributed by atoms with E-state index in [1.165, 1.54) is 6.42 Å². The lowest BCUT2D eigenvalue weighted by molar-refractivity contribution is 0.330. The molecular formula is C13H30N2. The van der Waals surface area contributed by atoms with Crippen molar-refractivity contribution in [2.24, 2.45) is 17.8 Å². The lowest BCUT2D eigenvalue weighted by atomic mass is 10.1. The fourth-order valence-electron chi connectivity index (χ4n) is 1.47. The molecule has 0 heterocycles. The zero-order valence-corrected chi connectivity index (χ0v) is 11.4. The predicted octanol–water partition coefficient (Wildman–Crippen LogP) is 2.85. The molecule has 0 aliphatic heterocycles. The quantitative estimate of drug-likeness (QED) is 0.607. The van der Waals surface area contributed by atoms with Crippen LogP contribution in [0.25, 0.3) is 0 Å². The summed E-state index contributed by atoms with van der Waals surface area (Å²) >= 11 is 0. The second kappa shape index (κ2) is 8.12. The zero-order chi connectivity index (χ0) is 11.8. The van der Waals surface area contributed by atoms with Crippen LogP contribution in [0.3, 0.4) is 0 Å². The third kappa shape index (κ3) is 10.2. The first-order chi connectivity index (χ1) is 6.91. The third-order valence-electron chi connectivity index (χ3n) is 2.25. The Balaban J connectivity index is 3.84. The molecule has 0 rings (SSSR count). The molecule has 0 atom stereocenters. The first-order valence-electron chi connectivity index (χ1n) is 6.38. The molecule has 0 amide bonds. The topological polar surface area (TPSA) is 24.1 Å². The highest BCUT2D eigenvalue weighted by Crippen LogP contribution is 2.04. The Bertz CT molecular complexity index is 129. The highest BCUT2D eigenvalue weighted by Gasteiger charge is 2.10. The molecule has 0 radical (unpaired) electrons. The largest absolute Gasteiger partial charge is 0.302 e. The van der Waals surface area contributed by atoms with Crippen molar-refractivity contribution in [3.05, 3.63) is 0 Å². The molecule has 0 fully saturated rings. The molecular weight excluding hydrogens is 184 g/mol. The smallest absolute Gasteiger partial charge is 0.0574 e. The van der Waals surface area contributed by atoms with Gasteiger partial charge in [-0.05, 0) is 37.3 Å². The van der Waals surface area contributed by atoms with Crippen LogP contribution in [0.5, 0.6) is 0 Å². The van der Waals surface area contributed by atoms with Gasteiger partial charge in [-0.3, -0.25) is 0 Å². The van der Waals surface area contributed by atoms with E-state index in [0.717, 1.165) is 30.8 Å². The summed E-state index contributed by atoms with van der Waals surface area (Å²) in [6, 6.07) is 0. The molecule has 2 heteroatoms. The van der Waals surface area contributed by atoms with Crippen LogP contribution in [0.2, 0.25) is 0 Å². The highest BCUT2D eigenvalue weighted by atomic mass is 15.1. The predicted molar refractivity (Wildman–Crippen MR) is 68.9 cm³/mol. The molecule has 0 bridgehead atoms. The molecule has 0 aromatic rings. The molecule has 0 saturated carbocycles. The first kappa shape index (κ1) is 14.9. The van der Waals surface area contributed by atoms with E-state index in [1.54, 1.807) is 0 Å². The van der Waals surface area contributed by atoms with Crippen molar-refractivity contribution in [3.63, 3.8) is 0 Å². The summed E-state index contributed by atoms with van der Waals surface area (Å²) in [7, 11) is 0. The van der Waals surface area contributed by atoms with Crippen LogP contribution in [-0.4, -0.2) is 19.3 Å².